The van der Waals surface area contributed by atoms with Crippen molar-refractivity contribution >= 4 is 28.3 Å². The van der Waals surface area contributed by atoms with E-state index in [1.54, 1.807) is 4.90 Å². The lowest BCUT2D eigenvalue weighted by Gasteiger charge is -2.27. The van der Waals surface area contributed by atoms with E-state index >= 15 is 0 Å². The van der Waals surface area contributed by atoms with E-state index < -0.39 is 22.1 Å². The lowest BCUT2D eigenvalue weighted by atomic mass is 10.3. The first kappa shape index (κ1) is 22.5. The topological polar surface area (TPSA) is 87.7 Å². The maximum Gasteiger partial charge on any atom is 0.573 e. The van der Waals surface area contributed by atoms with Crippen LogP contribution in [-0.2, 0) is 14.8 Å². The molecule has 26 heavy (non-hydrogen) atoms. The van der Waals surface area contributed by atoms with Gasteiger partial charge < -0.3 is 15.0 Å². The zero-order chi connectivity index (χ0) is 18.5. The Morgan fingerprint density at radius 2 is 1.77 bits per heavy atom. The molecule has 148 valence electrons. The Morgan fingerprint density at radius 1 is 1.19 bits per heavy atom. The highest BCUT2D eigenvalue weighted by Gasteiger charge is 2.31. The van der Waals surface area contributed by atoms with Crippen LogP contribution in [0.4, 0.5) is 13.2 Å². The normalized spacial score (nSPS) is 15.3. The standard InChI is InChI=1S/C14H18F3N3O4S.ClH/c15-14(16,17)24-11-1-3-12(4-2-11)25(22,23)19-6-5-13(21)20-9-7-18-8-10-20;/h1-4,18-19H,5-10H2;1H. The fourth-order valence-electron chi connectivity index (χ4n) is 2.27. The molecule has 1 aromatic carbocycles. The van der Waals surface area contributed by atoms with E-state index in [2.05, 4.69) is 14.8 Å². The Morgan fingerprint density at radius 3 is 2.31 bits per heavy atom. The van der Waals surface area contributed by atoms with Crippen molar-refractivity contribution in [3.8, 4) is 5.75 Å². The molecule has 0 aliphatic carbocycles. The van der Waals surface area contributed by atoms with E-state index in [0.717, 1.165) is 24.3 Å². The summed E-state index contributed by atoms with van der Waals surface area (Å²) < 4.78 is 66.3. The van der Waals surface area contributed by atoms with E-state index in [1.807, 2.05) is 0 Å². The van der Waals surface area contributed by atoms with Crippen LogP contribution in [0, 0.1) is 0 Å². The highest BCUT2D eigenvalue weighted by molar-refractivity contribution is 7.89. The first-order chi connectivity index (χ1) is 11.7. The monoisotopic (exact) mass is 417 g/mol. The number of carbonyl (C=O) groups excluding carboxylic acids is 1. The number of nitrogens with one attached hydrogen (secondary N) is 2. The van der Waals surface area contributed by atoms with Gasteiger partial charge in [0.1, 0.15) is 5.75 Å². The summed E-state index contributed by atoms with van der Waals surface area (Å²) in [6, 6.07) is 3.82. The SMILES string of the molecule is Cl.O=C(CCNS(=O)(=O)c1ccc(OC(F)(F)F)cc1)N1CCNCC1. The third-order valence-electron chi connectivity index (χ3n) is 3.47. The maximum atomic E-state index is 12.1. The highest BCUT2D eigenvalue weighted by Crippen LogP contribution is 2.23. The van der Waals surface area contributed by atoms with Crippen molar-refractivity contribution in [2.45, 2.75) is 17.7 Å². The summed E-state index contributed by atoms with van der Waals surface area (Å²) in [7, 11) is -3.92. The predicted molar refractivity (Wildman–Crippen MR) is 89.6 cm³/mol. The minimum Gasteiger partial charge on any atom is -0.406 e. The van der Waals surface area contributed by atoms with Gasteiger partial charge in [-0.25, -0.2) is 13.1 Å². The van der Waals surface area contributed by atoms with E-state index in [1.165, 1.54) is 0 Å². The number of halogens is 4. The third kappa shape index (κ3) is 6.98. The number of alkyl halides is 3. The van der Waals surface area contributed by atoms with Crippen LogP contribution in [0.25, 0.3) is 0 Å². The second-order valence-corrected chi connectivity index (χ2v) is 7.06. The van der Waals surface area contributed by atoms with Gasteiger partial charge in [-0.2, -0.15) is 0 Å². The van der Waals surface area contributed by atoms with Gasteiger partial charge in [0.05, 0.1) is 4.90 Å². The molecule has 0 unspecified atom stereocenters. The van der Waals surface area contributed by atoms with Crippen LogP contribution in [-0.4, -0.2) is 58.3 Å². The second-order valence-electron chi connectivity index (χ2n) is 5.30. The van der Waals surface area contributed by atoms with E-state index in [4.69, 9.17) is 0 Å². The number of sulfonamides is 1. The molecule has 1 heterocycles. The summed E-state index contributed by atoms with van der Waals surface area (Å²) in [6.07, 6.45) is -4.84. The molecule has 1 amide bonds. The third-order valence-corrected chi connectivity index (χ3v) is 4.95. The molecule has 0 spiro atoms. The van der Waals surface area contributed by atoms with Crippen LogP contribution < -0.4 is 14.8 Å². The second kappa shape index (κ2) is 9.40. The van der Waals surface area contributed by atoms with Crippen molar-refractivity contribution in [3.05, 3.63) is 24.3 Å². The van der Waals surface area contributed by atoms with E-state index in [0.29, 0.717) is 26.2 Å². The van der Waals surface area contributed by atoms with Crippen LogP contribution in [0.1, 0.15) is 6.42 Å². The first-order valence-electron chi connectivity index (χ1n) is 7.51. The molecule has 1 fully saturated rings. The summed E-state index contributed by atoms with van der Waals surface area (Å²) >= 11 is 0. The molecule has 2 N–H and O–H groups in total. The molecule has 0 aromatic heterocycles. The number of hydrogen-bond acceptors (Lipinski definition) is 5. The molecule has 0 saturated carbocycles. The largest absolute Gasteiger partial charge is 0.573 e. The zero-order valence-electron chi connectivity index (χ0n) is 13.6. The van der Waals surface area contributed by atoms with Gasteiger partial charge in [-0.3, -0.25) is 4.79 Å². The molecular weight excluding hydrogens is 399 g/mol. The van der Waals surface area contributed by atoms with Crippen LogP contribution in [0.5, 0.6) is 5.75 Å². The van der Waals surface area contributed by atoms with Gasteiger partial charge in [-0.05, 0) is 24.3 Å². The number of hydrogen-bond donors (Lipinski definition) is 2. The Kier molecular flexibility index (Phi) is 8.13. The van der Waals surface area contributed by atoms with Crippen LogP contribution in [0.2, 0.25) is 0 Å². The predicted octanol–water partition coefficient (Wildman–Crippen LogP) is 1.11. The van der Waals surface area contributed by atoms with Crippen molar-refractivity contribution < 1.29 is 31.1 Å². The van der Waals surface area contributed by atoms with Crippen LogP contribution in [0.15, 0.2) is 29.2 Å². The Bertz CT molecular complexity index is 692. The number of piperazine rings is 1. The average Bonchev–Trinajstić information content (AvgIpc) is 2.54. The molecule has 2 rings (SSSR count). The molecular formula is C14H19ClF3N3O4S. The Balaban J connectivity index is 0.00000338. The number of amides is 1. The minimum atomic E-state index is -4.84. The number of ether oxygens (including phenoxy) is 1. The summed E-state index contributed by atoms with van der Waals surface area (Å²) in [5, 5.41) is 3.10. The zero-order valence-corrected chi connectivity index (χ0v) is 15.2. The smallest absolute Gasteiger partial charge is 0.406 e. The van der Waals surface area contributed by atoms with E-state index in [-0.39, 0.29) is 36.2 Å². The summed E-state index contributed by atoms with van der Waals surface area (Å²) in [6.45, 7) is 2.46. The van der Waals surface area contributed by atoms with Gasteiger partial charge >= 0.3 is 6.36 Å². The van der Waals surface area contributed by atoms with Crippen molar-refractivity contribution in [1.82, 2.24) is 14.9 Å². The fourth-order valence-corrected chi connectivity index (χ4v) is 3.30. The van der Waals surface area contributed by atoms with Crippen LogP contribution >= 0.6 is 12.4 Å². The molecule has 1 aromatic rings. The number of benzene rings is 1. The van der Waals surface area contributed by atoms with Crippen molar-refractivity contribution in [3.63, 3.8) is 0 Å². The summed E-state index contributed by atoms with van der Waals surface area (Å²) in [5.41, 5.74) is 0. The molecule has 0 atom stereocenters. The minimum absolute atomic E-state index is 0. The van der Waals surface area contributed by atoms with Gasteiger partial charge in [0, 0.05) is 39.1 Å². The lowest BCUT2D eigenvalue weighted by Crippen LogP contribution is -2.47. The molecule has 1 saturated heterocycles. The van der Waals surface area contributed by atoms with Crippen molar-refractivity contribution in [2.75, 3.05) is 32.7 Å². The molecule has 1 aliphatic heterocycles. The fraction of sp³-hybridized carbons (Fsp3) is 0.500. The molecule has 7 nitrogen and oxygen atoms in total. The Labute approximate surface area is 155 Å². The average molecular weight is 418 g/mol. The highest BCUT2D eigenvalue weighted by atomic mass is 35.5. The number of carbonyl (C=O) groups is 1. The summed E-state index contributed by atoms with van der Waals surface area (Å²) in [4.78, 5) is 13.4. The first-order valence-corrected chi connectivity index (χ1v) is 9.00. The number of nitrogens with zero attached hydrogens (tertiary/aromatic N) is 1. The quantitative estimate of drug-likeness (QED) is 0.724. The number of rotatable bonds is 6. The summed E-state index contributed by atoms with van der Waals surface area (Å²) in [5.74, 6) is -0.668. The van der Waals surface area contributed by atoms with Gasteiger partial charge in [0.25, 0.3) is 0 Å². The lowest BCUT2D eigenvalue weighted by molar-refractivity contribution is -0.274. The van der Waals surface area contributed by atoms with Gasteiger partial charge in [0.2, 0.25) is 15.9 Å². The maximum absolute atomic E-state index is 12.1. The van der Waals surface area contributed by atoms with Gasteiger partial charge in [-0.1, -0.05) is 0 Å². The van der Waals surface area contributed by atoms with Crippen molar-refractivity contribution in [1.29, 1.82) is 0 Å². The molecule has 0 radical (unpaired) electrons. The Hall–Kier alpha value is -1.56. The van der Waals surface area contributed by atoms with Crippen LogP contribution in [0.3, 0.4) is 0 Å². The van der Waals surface area contributed by atoms with Crippen molar-refractivity contribution in [2.24, 2.45) is 0 Å². The molecule has 0 bridgehead atoms. The van der Waals surface area contributed by atoms with Gasteiger partial charge in [0.15, 0.2) is 0 Å². The van der Waals surface area contributed by atoms with E-state index in [9.17, 15) is 26.4 Å². The van der Waals surface area contributed by atoms with Gasteiger partial charge in [-0.15, -0.1) is 25.6 Å². The molecule has 12 heteroatoms. The molecule has 1 aliphatic rings.